The smallest absolute Gasteiger partial charge is 0.258 e. The van der Waals surface area contributed by atoms with Gasteiger partial charge >= 0.3 is 0 Å². The Kier molecular flexibility index (Phi) is 2.44. The number of hydrogen-bond acceptors (Lipinski definition) is 2. The molecule has 11 heavy (non-hydrogen) atoms. The monoisotopic (exact) mass is 200 g/mol. The molecule has 0 aromatic heterocycles. The lowest BCUT2D eigenvalue weighted by Crippen LogP contribution is -2.46. The molecule has 1 aliphatic rings. The van der Waals surface area contributed by atoms with E-state index >= 15 is 0 Å². The topological polar surface area (TPSA) is 17.1 Å². The Labute approximate surface area is 72.5 Å². The molecule has 1 fully saturated rings. The SMILES string of the molecule is CC(Cl)(C(F)F)C1CSC1=O. The van der Waals surface area contributed by atoms with Crippen LogP contribution in [0.4, 0.5) is 8.78 Å². The van der Waals surface area contributed by atoms with E-state index < -0.39 is 17.2 Å². The van der Waals surface area contributed by atoms with E-state index in [9.17, 15) is 13.6 Å². The first-order chi connectivity index (χ1) is 4.96. The lowest BCUT2D eigenvalue weighted by Gasteiger charge is -2.34. The van der Waals surface area contributed by atoms with Gasteiger partial charge in [0.05, 0.1) is 5.92 Å². The highest BCUT2D eigenvalue weighted by Gasteiger charge is 2.49. The molecule has 0 spiro atoms. The Morgan fingerprint density at radius 1 is 1.82 bits per heavy atom. The van der Waals surface area contributed by atoms with Crippen LogP contribution in [-0.2, 0) is 4.79 Å². The van der Waals surface area contributed by atoms with Gasteiger partial charge in [0.25, 0.3) is 6.43 Å². The van der Waals surface area contributed by atoms with Crippen molar-refractivity contribution >= 4 is 28.5 Å². The molecular formula is C6H7ClF2OS. The zero-order valence-corrected chi connectivity index (χ0v) is 7.38. The summed E-state index contributed by atoms with van der Waals surface area (Å²) in [5.41, 5.74) is 0. The molecule has 0 radical (unpaired) electrons. The van der Waals surface area contributed by atoms with Crippen LogP contribution in [0.25, 0.3) is 0 Å². The predicted octanol–water partition coefficient (Wildman–Crippen LogP) is 2.14. The number of halogens is 3. The molecule has 1 saturated heterocycles. The maximum Gasteiger partial charge on any atom is 0.258 e. The van der Waals surface area contributed by atoms with Crippen molar-refractivity contribution in [3.63, 3.8) is 0 Å². The van der Waals surface area contributed by atoms with Crippen molar-refractivity contribution < 1.29 is 13.6 Å². The van der Waals surface area contributed by atoms with E-state index in [1.54, 1.807) is 0 Å². The zero-order chi connectivity index (χ0) is 8.65. The number of rotatable bonds is 2. The maximum atomic E-state index is 12.2. The summed E-state index contributed by atoms with van der Waals surface area (Å²) in [6.07, 6.45) is -2.64. The minimum absolute atomic E-state index is 0.220. The van der Waals surface area contributed by atoms with Gasteiger partial charge < -0.3 is 0 Å². The second-order valence-electron chi connectivity index (χ2n) is 2.63. The zero-order valence-electron chi connectivity index (χ0n) is 5.81. The van der Waals surface area contributed by atoms with Crippen LogP contribution in [0.2, 0.25) is 0 Å². The highest BCUT2D eigenvalue weighted by Crippen LogP contribution is 2.42. The Balaban J connectivity index is 2.64. The fourth-order valence-corrected chi connectivity index (χ4v) is 2.17. The fraction of sp³-hybridized carbons (Fsp3) is 0.833. The molecule has 1 heterocycles. The van der Waals surface area contributed by atoms with Crippen molar-refractivity contribution in [2.75, 3.05) is 5.75 Å². The first-order valence-electron chi connectivity index (χ1n) is 3.10. The van der Waals surface area contributed by atoms with Gasteiger partial charge in [-0.3, -0.25) is 4.79 Å². The molecule has 1 rings (SSSR count). The molecule has 2 unspecified atom stereocenters. The van der Waals surface area contributed by atoms with E-state index in [0.717, 1.165) is 11.8 Å². The molecule has 1 nitrogen and oxygen atoms in total. The number of alkyl halides is 3. The second-order valence-corrected chi connectivity index (χ2v) is 4.47. The molecule has 0 aromatic rings. The lowest BCUT2D eigenvalue weighted by atomic mass is 9.96. The van der Waals surface area contributed by atoms with Crippen molar-refractivity contribution in [2.45, 2.75) is 18.2 Å². The van der Waals surface area contributed by atoms with Gasteiger partial charge in [-0.1, -0.05) is 11.8 Å². The molecule has 0 saturated carbocycles. The minimum Gasteiger partial charge on any atom is -0.287 e. The summed E-state index contributed by atoms with van der Waals surface area (Å²) in [5.74, 6) is -0.252. The fourth-order valence-electron chi connectivity index (χ4n) is 0.780. The Hall–Kier alpha value is 0.170. The largest absolute Gasteiger partial charge is 0.287 e. The number of thioether (sulfide) groups is 1. The molecule has 0 N–H and O–H groups in total. The third-order valence-electron chi connectivity index (χ3n) is 1.78. The first-order valence-corrected chi connectivity index (χ1v) is 4.46. The number of carbonyl (C=O) groups is 1. The summed E-state index contributed by atoms with van der Waals surface area (Å²) < 4.78 is 24.3. The van der Waals surface area contributed by atoms with Gasteiger partial charge in [0, 0.05) is 5.75 Å². The molecule has 0 amide bonds. The van der Waals surface area contributed by atoms with Crippen molar-refractivity contribution in [1.82, 2.24) is 0 Å². The maximum absolute atomic E-state index is 12.2. The summed E-state index contributed by atoms with van der Waals surface area (Å²) in [4.78, 5) is 9.06. The lowest BCUT2D eigenvalue weighted by molar-refractivity contribution is -0.117. The van der Waals surface area contributed by atoms with Gasteiger partial charge in [-0.2, -0.15) is 0 Å². The normalized spacial score (nSPS) is 29.9. The third-order valence-corrected chi connectivity index (χ3v) is 3.28. The Bertz CT molecular complexity index is 183. The molecule has 5 heteroatoms. The standard InChI is InChI=1S/C6H7ClF2OS/c1-6(7,5(8)9)3-2-11-4(3)10/h3,5H,2H2,1H3. The number of carbonyl (C=O) groups excluding carboxylic acids is 1. The van der Waals surface area contributed by atoms with Crippen LogP contribution in [0.1, 0.15) is 6.92 Å². The average molecular weight is 201 g/mol. The van der Waals surface area contributed by atoms with Crippen LogP contribution < -0.4 is 0 Å². The second kappa shape index (κ2) is 2.90. The van der Waals surface area contributed by atoms with E-state index in [1.165, 1.54) is 6.92 Å². The van der Waals surface area contributed by atoms with Crippen molar-refractivity contribution in [3.05, 3.63) is 0 Å². The van der Waals surface area contributed by atoms with E-state index in [-0.39, 0.29) is 5.12 Å². The predicted molar refractivity (Wildman–Crippen MR) is 41.2 cm³/mol. The van der Waals surface area contributed by atoms with Crippen LogP contribution in [-0.4, -0.2) is 22.2 Å². The summed E-state index contributed by atoms with van der Waals surface area (Å²) in [7, 11) is 0. The van der Waals surface area contributed by atoms with Gasteiger partial charge in [0.15, 0.2) is 5.12 Å². The summed E-state index contributed by atoms with van der Waals surface area (Å²) in [6, 6.07) is 0. The van der Waals surface area contributed by atoms with Crippen LogP contribution in [0.3, 0.4) is 0 Å². The molecule has 0 aromatic carbocycles. The van der Waals surface area contributed by atoms with Gasteiger partial charge in [-0.05, 0) is 6.92 Å². The van der Waals surface area contributed by atoms with Gasteiger partial charge in [0.2, 0.25) is 0 Å². The number of hydrogen-bond donors (Lipinski definition) is 0. The molecule has 64 valence electrons. The molecule has 1 aliphatic heterocycles. The van der Waals surface area contributed by atoms with Crippen molar-refractivity contribution in [1.29, 1.82) is 0 Å². The van der Waals surface area contributed by atoms with Crippen LogP contribution >= 0.6 is 23.4 Å². The van der Waals surface area contributed by atoms with Crippen LogP contribution in [0.15, 0.2) is 0 Å². The van der Waals surface area contributed by atoms with Crippen LogP contribution in [0.5, 0.6) is 0 Å². The van der Waals surface area contributed by atoms with E-state index in [4.69, 9.17) is 11.6 Å². The quantitative estimate of drug-likeness (QED) is 0.636. The Morgan fingerprint density at radius 3 is 2.45 bits per heavy atom. The molecule has 2 atom stereocenters. The van der Waals surface area contributed by atoms with Crippen molar-refractivity contribution in [3.8, 4) is 0 Å². The summed E-state index contributed by atoms with van der Waals surface area (Å²) in [6.45, 7) is 1.21. The van der Waals surface area contributed by atoms with E-state index in [2.05, 4.69) is 0 Å². The molecule has 0 aliphatic carbocycles. The van der Waals surface area contributed by atoms with Gasteiger partial charge in [0.1, 0.15) is 4.87 Å². The van der Waals surface area contributed by atoms with Gasteiger partial charge in [-0.25, -0.2) is 8.78 Å². The summed E-state index contributed by atoms with van der Waals surface area (Å²) in [5, 5.41) is -0.220. The van der Waals surface area contributed by atoms with Crippen molar-refractivity contribution in [2.24, 2.45) is 5.92 Å². The van der Waals surface area contributed by atoms with E-state index in [0.29, 0.717) is 5.75 Å². The highest BCUT2D eigenvalue weighted by molar-refractivity contribution is 8.15. The third kappa shape index (κ3) is 1.51. The highest BCUT2D eigenvalue weighted by atomic mass is 35.5. The first kappa shape index (κ1) is 9.26. The Morgan fingerprint density at radius 2 is 2.36 bits per heavy atom. The van der Waals surface area contributed by atoms with Gasteiger partial charge in [-0.15, -0.1) is 11.6 Å². The van der Waals surface area contributed by atoms with E-state index in [1.807, 2.05) is 0 Å². The van der Waals surface area contributed by atoms with Crippen LogP contribution in [0, 0.1) is 5.92 Å². The minimum atomic E-state index is -2.64. The molecular weight excluding hydrogens is 194 g/mol. The summed E-state index contributed by atoms with van der Waals surface area (Å²) >= 11 is 6.54. The molecule has 0 bridgehead atoms. The average Bonchev–Trinajstić information content (AvgIpc) is 1.83.